The van der Waals surface area contributed by atoms with Gasteiger partial charge in [0.2, 0.25) is 11.8 Å². The van der Waals surface area contributed by atoms with Crippen LogP contribution in [0.4, 0.5) is 5.69 Å². The smallest absolute Gasteiger partial charge is 0.244 e. The third-order valence-electron chi connectivity index (χ3n) is 4.06. The van der Waals surface area contributed by atoms with Crippen molar-refractivity contribution in [3.05, 3.63) is 59.7 Å². The zero-order valence-electron chi connectivity index (χ0n) is 16.6. The SMILES string of the molecule is COc1ccc(OC)c(/C=C/C(=O)NCc2ccc(NC(=O)C(C)C)cc2)c1. The van der Waals surface area contributed by atoms with E-state index >= 15 is 0 Å². The summed E-state index contributed by atoms with van der Waals surface area (Å²) >= 11 is 0. The Hall–Kier alpha value is -3.28. The summed E-state index contributed by atoms with van der Waals surface area (Å²) in [5.74, 6) is 1.02. The summed E-state index contributed by atoms with van der Waals surface area (Å²) in [6, 6.07) is 12.7. The number of nitrogens with one attached hydrogen (secondary N) is 2. The summed E-state index contributed by atoms with van der Waals surface area (Å²) in [4.78, 5) is 23.8. The maximum Gasteiger partial charge on any atom is 0.244 e. The van der Waals surface area contributed by atoms with E-state index < -0.39 is 0 Å². The number of carbonyl (C=O) groups excluding carboxylic acids is 2. The van der Waals surface area contributed by atoms with Gasteiger partial charge in [-0.3, -0.25) is 9.59 Å². The molecule has 2 rings (SSSR count). The van der Waals surface area contributed by atoms with Crippen molar-refractivity contribution in [1.82, 2.24) is 5.32 Å². The molecule has 0 aromatic heterocycles. The number of carbonyl (C=O) groups is 2. The van der Waals surface area contributed by atoms with Gasteiger partial charge >= 0.3 is 0 Å². The van der Waals surface area contributed by atoms with Gasteiger partial charge in [-0.25, -0.2) is 0 Å². The Labute approximate surface area is 165 Å². The van der Waals surface area contributed by atoms with Gasteiger partial charge in [-0.05, 0) is 42.0 Å². The largest absolute Gasteiger partial charge is 0.497 e. The minimum atomic E-state index is -0.220. The van der Waals surface area contributed by atoms with E-state index in [2.05, 4.69) is 10.6 Å². The molecular weight excluding hydrogens is 356 g/mol. The van der Waals surface area contributed by atoms with Crippen molar-refractivity contribution < 1.29 is 19.1 Å². The molecule has 0 atom stereocenters. The highest BCUT2D eigenvalue weighted by atomic mass is 16.5. The molecule has 0 radical (unpaired) electrons. The van der Waals surface area contributed by atoms with Crippen molar-refractivity contribution >= 4 is 23.6 Å². The average Bonchev–Trinajstić information content (AvgIpc) is 2.71. The molecule has 28 heavy (non-hydrogen) atoms. The Morgan fingerprint density at radius 3 is 2.36 bits per heavy atom. The van der Waals surface area contributed by atoms with Crippen molar-refractivity contribution in [3.63, 3.8) is 0 Å². The number of methoxy groups -OCH3 is 2. The fraction of sp³-hybridized carbons (Fsp3) is 0.273. The highest BCUT2D eigenvalue weighted by Crippen LogP contribution is 2.25. The Balaban J connectivity index is 1.92. The van der Waals surface area contributed by atoms with E-state index in [4.69, 9.17) is 9.47 Å². The van der Waals surface area contributed by atoms with Gasteiger partial charge in [-0.2, -0.15) is 0 Å². The van der Waals surface area contributed by atoms with Crippen LogP contribution in [0.15, 0.2) is 48.5 Å². The number of ether oxygens (including phenoxy) is 2. The second kappa shape index (κ2) is 10.2. The van der Waals surface area contributed by atoms with Crippen molar-refractivity contribution in [1.29, 1.82) is 0 Å². The number of anilines is 1. The number of hydrogen-bond acceptors (Lipinski definition) is 4. The fourth-order valence-electron chi connectivity index (χ4n) is 2.38. The van der Waals surface area contributed by atoms with Crippen LogP contribution >= 0.6 is 0 Å². The molecular formula is C22H26N2O4. The summed E-state index contributed by atoms with van der Waals surface area (Å²) in [6.45, 7) is 4.07. The van der Waals surface area contributed by atoms with E-state index in [1.54, 1.807) is 38.5 Å². The predicted octanol–water partition coefficient (Wildman–Crippen LogP) is 3.63. The maximum atomic E-state index is 12.1. The van der Waals surface area contributed by atoms with E-state index in [9.17, 15) is 9.59 Å². The molecule has 0 fully saturated rings. The topological polar surface area (TPSA) is 76.7 Å². The normalized spacial score (nSPS) is 10.8. The van der Waals surface area contributed by atoms with Gasteiger partial charge in [0.25, 0.3) is 0 Å². The van der Waals surface area contributed by atoms with Crippen LogP contribution in [0.5, 0.6) is 11.5 Å². The number of hydrogen-bond donors (Lipinski definition) is 2. The minimum absolute atomic E-state index is 0.0286. The Kier molecular flexibility index (Phi) is 7.63. The number of rotatable bonds is 8. The quantitative estimate of drug-likeness (QED) is 0.684. The summed E-state index contributed by atoms with van der Waals surface area (Å²) in [5, 5.41) is 5.66. The molecule has 2 aromatic rings. The molecule has 6 heteroatoms. The van der Waals surface area contributed by atoms with Crippen LogP contribution in [0.2, 0.25) is 0 Å². The standard InChI is InChI=1S/C22H26N2O4/c1-15(2)22(26)24-18-8-5-16(6-9-18)14-23-21(25)12-7-17-13-19(27-3)10-11-20(17)28-4/h5-13,15H,14H2,1-4H3,(H,23,25)(H,24,26)/b12-7+. The molecule has 0 spiro atoms. The van der Waals surface area contributed by atoms with E-state index in [1.165, 1.54) is 6.08 Å². The summed E-state index contributed by atoms with van der Waals surface area (Å²) in [6.07, 6.45) is 3.13. The zero-order valence-corrected chi connectivity index (χ0v) is 16.6. The zero-order chi connectivity index (χ0) is 20.5. The van der Waals surface area contributed by atoms with Crippen LogP contribution in [-0.2, 0) is 16.1 Å². The van der Waals surface area contributed by atoms with Crippen LogP contribution in [0.1, 0.15) is 25.0 Å². The van der Waals surface area contributed by atoms with Crippen LogP contribution in [0.25, 0.3) is 6.08 Å². The van der Waals surface area contributed by atoms with E-state index in [1.807, 2.05) is 38.1 Å². The lowest BCUT2D eigenvalue weighted by Gasteiger charge is -2.09. The summed E-state index contributed by atoms with van der Waals surface area (Å²) < 4.78 is 10.5. The van der Waals surface area contributed by atoms with Crippen molar-refractivity contribution in [2.45, 2.75) is 20.4 Å². The van der Waals surface area contributed by atoms with Crippen LogP contribution in [0, 0.1) is 5.92 Å². The van der Waals surface area contributed by atoms with Crippen molar-refractivity contribution in [3.8, 4) is 11.5 Å². The molecule has 148 valence electrons. The average molecular weight is 382 g/mol. The molecule has 0 saturated heterocycles. The highest BCUT2D eigenvalue weighted by Gasteiger charge is 2.07. The van der Waals surface area contributed by atoms with Gasteiger partial charge in [0.15, 0.2) is 0 Å². The van der Waals surface area contributed by atoms with E-state index in [-0.39, 0.29) is 17.7 Å². The van der Waals surface area contributed by atoms with Gasteiger partial charge < -0.3 is 20.1 Å². The lowest BCUT2D eigenvalue weighted by atomic mass is 10.1. The van der Waals surface area contributed by atoms with Crippen molar-refractivity contribution in [2.75, 3.05) is 19.5 Å². The molecule has 0 aliphatic carbocycles. The lowest BCUT2D eigenvalue weighted by Crippen LogP contribution is -2.20. The lowest BCUT2D eigenvalue weighted by molar-refractivity contribution is -0.119. The monoisotopic (exact) mass is 382 g/mol. The molecule has 0 bridgehead atoms. The molecule has 0 unspecified atom stereocenters. The van der Waals surface area contributed by atoms with Crippen LogP contribution in [0.3, 0.4) is 0 Å². The molecule has 0 saturated carbocycles. The first-order valence-corrected chi connectivity index (χ1v) is 9.00. The van der Waals surface area contributed by atoms with E-state index in [0.29, 0.717) is 18.0 Å². The fourth-order valence-corrected chi connectivity index (χ4v) is 2.38. The third-order valence-corrected chi connectivity index (χ3v) is 4.06. The highest BCUT2D eigenvalue weighted by molar-refractivity contribution is 5.92. The first-order valence-electron chi connectivity index (χ1n) is 9.00. The minimum Gasteiger partial charge on any atom is -0.497 e. The molecule has 2 aromatic carbocycles. The first-order chi connectivity index (χ1) is 13.4. The predicted molar refractivity (Wildman–Crippen MR) is 110 cm³/mol. The van der Waals surface area contributed by atoms with E-state index in [0.717, 1.165) is 16.8 Å². The molecule has 0 aliphatic rings. The van der Waals surface area contributed by atoms with Gasteiger partial charge in [-0.1, -0.05) is 26.0 Å². The second-order valence-corrected chi connectivity index (χ2v) is 6.50. The Morgan fingerprint density at radius 2 is 1.75 bits per heavy atom. The molecule has 6 nitrogen and oxygen atoms in total. The van der Waals surface area contributed by atoms with Gasteiger partial charge in [0.1, 0.15) is 11.5 Å². The van der Waals surface area contributed by atoms with Crippen molar-refractivity contribution in [2.24, 2.45) is 5.92 Å². The number of benzene rings is 2. The molecule has 2 amide bonds. The third kappa shape index (κ3) is 6.16. The Morgan fingerprint density at radius 1 is 1.04 bits per heavy atom. The Bertz CT molecular complexity index is 842. The molecule has 0 heterocycles. The van der Waals surface area contributed by atoms with Gasteiger partial charge in [0.05, 0.1) is 14.2 Å². The van der Waals surface area contributed by atoms with Gasteiger partial charge in [-0.15, -0.1) is 0 Å². The summed E-state index contributed by atoms with van der Waals surface area (Å²) in [7, 11) is 3.16. The molecule has 0 aliphatic heterocycles. The van der Waals surface area contributed by atoms with Gasteiger partial charge in [0, 0.05) is 29.8 Å². The number of amides is 2. The van der Waals surface area contributed by atoms with Crippen LogP contribution < -0.4 is 20.1 Å². The summed E-state index contributed by atoms with van der Waals surface area (Å²) in [5.41, 5.74) is 2.42. The van der Waals surface area contributed by atoms with Crippen LogP contribution in [-0.4, -0.2) is 26.0 Å². The maximum absolute atomic E-state index is 12.1. The first kappa shape index (κ1) is 21.0. The molecule has 2 N–H and O–H groups in total. The second-order valence-electron chi connectivity index (χ2n) is 6.50.